The SMILES string of the molecule is COc1ccc([C@@H](c2cc(C(C)(C)C)c(O)c(C(C)(C)C)c2)[C@@]2(Cc3ccccc3)CN(C(=O)OC(C)(C)C)OC2=O)cc1. The molecule has 1 fully saturated rings. The van der Waals surface area contributed by atoms with Crippen molar-refractivity contribution in [3.05, 3.63) is 94.5 Å². The van der Waals surface area contributed by atoms with Gasteiger partial charge in [0.2, 0.25) is 0 Å². The number of phenolic OH excluding ortho intramolecular Hbond substituents is 1. The summed E-state index contributed by atoms with van der Waals surface area (Å²) < 4.78 is 11.1. The number of phenols is 1. The van der Waals surface area contributed by atoms with Gasteiger partial charge >= 0.3 is 12.1 Å². The maximum atomic E-state index is 14.4. The number of rotatable bonds is 6. The van der Waals surface area contributed by atoms with Crippen molar-refractivity contribution in [3.8, 4) is 11.5 Å². The van der Waals surface area contributed by atoms with E-state index in [9.17, 15) is 14.7 Å². The molecule has 0 unspecified atom stereocenters. The van der Waals surface area contributed by atoms with Gasteiger partial charge in [0.1, 0.15) is 22.5 Å². The van der Waals surface area contributed by atoms with E-state index in [2.05, 4.69) is 41.5 Å². The number of hydroxylamine groups is 2. The van der Waals surface area contributed by atoms with E-state index < -0.39 is 39.8 Å². The summed E-state index contributed by atoms with van der Waals surface area (Å²) in [4.78, 5) is 33.5. The molecular formula is C37H47NO6. The highest BCUT2D eigenvalue weighted by molar-refractivity contribution is 5.85. The van der Waals surface area contributed by atoms with E-state index in [1.165, 1.54) is 0 Å². The van der Waals surface area contributed by atoms with Crippen LogP contribution in [0.15, 0.2) is 66.7 Å². The second kappa shape index (κ2) is 11.8. The fraction of sp³-hybridized carbons (Fsp3) is 0.459. The Morgan fingerprint density at radius 1 is 0.886 bits per heavy atom. The number of hydrogen-bond donors (Lipinski definition) is 1. The minimum atomic E-state index is -1.23. The van der Waals surface area contributed by atoms with Crippen LogP contribution in [0.5, 0.6) is 11.5 Å². The number of benzene rings is 3. The molecule has 0 aliphatic carbocycles. The lowest BCUT2D eigenvalue weighted by Gasteiger charge is -2.37. The van der Waals surface area contributed by atoms with Crippen LogP contribution in [0, 0.1) is 5.41 Å². The molecule has 7 heteroatoms. The van der Waals surface area contributed by atoms with E-state index in [0.29, 0.717) is 12.2 Å². The molecule has 236 valence electrons. The van der Waals surface area contributed by atoms with Crippen LogP contribution in [-0.4, -0.2) is 41.5 Å². The molecule has 1 aliphatic rings. The maximum absolute atomic E-state index is 14.4. The molecule has 1 N–H and O–H groups in total. The Morgan fingerprint density at radius 3 is 1.91 bits per heavy atom. The van der Waals surface area contributed by atoms with Crippen LogP contribution in [0.3, 0.4) is 0 Å². The number of aromatic hydroxyl groups is 1. The second-order valence-electron chi connectivity index (χ2n) is 14.9. The lowest BCUT2D eigenvalue weighted by molar-refractivity contribution is -0.169. The molecule has 44 heavy (non-hydrogen) atoms. The fourth-order valence-corrected chi connectivity index (χ4v) is 5.95. The van der Waals surface area contributed by atoms with E-state index in [0.717, 1.165) is 32.9 Å². The van der Waals surface area contributed by atoms with Crippen molar-refractivity contribution in [1.82, 2.24) is 5.06 Å². The minimum Gasteiger partial charge on any atom is -0.507 e. The predicted molar refractivity (Wildman–Crippen MR) is 172 cm³/mol. The van der Waals surface area contributed by atoms with E-state index in [4.69, 9.17) is 14.3 Å². The third-order valence-electron chi connectivity index (χ3n) is 8.07. The van der Waals surface area contributed by atoms with Crippen LogP contribution >= 0.6 is 0 Å². The lowest BCUT2D eigenvalue weighted by Crippen LogP contribution is -2.42. The second-order valence-corrected chi connectivity index (χ2v) is 14.9. The normalized spacial score (nSPS) is 18.1. The van der Waals surface area contributed by atoms with Gasteiger partial charge in [0.15, 0.2) is 0 Å². The molecule has 0 radical (unpaired) electrons. The zero-order chi connectivity index (χ0) is 32.7. The highest BCUT2D eigenvalue weighted by atomic mass is 16.8. The molecule has 3 aromatic rings. The quantitative estimate of drug-likeness (QED) is 0.308. The van der Waals surface area contributed by atoms with Gasteiger partial charge < -0.3 is 19.4 Å². The van der Waals surface area contributed by atoms with Gasteiger partial charge in [0.25, 0.3) is 0 Å². The van der Waals surface area contributed by atoms with Gasteiger partial charge in [-0.05, 0) is 78.0 Å². The van der Waals surface area contributed by atoms with E-state index in [1.54, 1.807) is 27.9 Å². The highest BCUT2D eigenvalue weighted by Crippen LogP contribution is 2.51. The predicted octanol–water partition coefficient (Wildman–Crippen LogP) is 8.07. The molecule has 0 bridgehead atoms. The molecule has 0 spiro atoms. The van der Waals surface area contributed by atoms with Crippen LogP contribution in [0.4, 0.5) is 4.79 Å². The van der Waals surface area contributed by atoms with Crippen LogP contribution in [0.1, 0.15) is 96.0 Å². The van der Waals surface area contributed by atoms with Crippen LogP contribution < -0.4 is 4.74 Å². The number of carbonyl (C=O) groups is 2. The summed E-state index contributed by atoms with van der Waals surface area (Å²) in [6.45, 7) is 17.7. The minimum absolute atomic E-state index is 0.0249. The van der Waals surface area contributed by atoms with Crippen molar-refractivity contribution in [2.75, 3.05) is 13.7 Å². The summed E-state index contributed by atoms with van der Waals surface area (Å²) in [7, 11) is 1.61. The molecule has 1 heterocycles. The van der Waals surface area contributed by atoms with Crippen LogP contribution in [0.2, 0.25) is 0 Å². The van der Waals surface area contributed by atoms with Crippen molar-refractivity contribution in [2.45, 2.75) is 91.1 Å². The van der Waals surface area contributed by atoms with Crippen molar-refractivity contribution in [3.63, 3.8) is 0 Å². The Hall–Kier alpha value is -4.00. The molecule has 0 aromatic heterocycles. The molecule has 1 saturated heterocycles. The van der Waals surface area contributed by atoms with E-state index in [-0.39, 0.29) is 12.3 Å². The van der Waals surface area contributed by atoms with E-state index in [1.807, 2.05) is 66.7 Å². The number of hydrogen-bond acceptors (Lipinski definition) is 6. The van der Waals surface area contributed by atoms with Crippen molar-refractivity contribution in [2.24, 2.45) is 5.41 Å². The van der Waals surface area contributed by atoms with E-state index >= 15 is 0 Å². The Labute approximate surface area is 262 Å². The summed E-state index contributed by atoms with van der Waals surface area (Å²) in [5, 5.41) is 12.6. The molecule has 1 amide bonds. The number of amides is 1. The average molecular weight is 602 g/mol. The van der Waals surface area contributed by atoms with Crippen molar-refractivity contribution >= 4 is 12.1 Å². The largest absolute Gasteiger partial charge is 0.507 e. The lowest BCUT2D eigenvalue weighted by atomic mass is 9.64. The zero-order valence-corrected chi connectivity index (χ0v) is 27.8. The molecule has 7 nitrogen and oxygen atoms in total. The smallest absolute Gasteiger partial charge is 0.443 e. The average Bonchev–Trinajstić information content (AvgIpc) is 3.24. The number of ether oxygens (including phenoxy) is 2. The van der Waals surface area contributed by atoms with Gasteiger partial charge in [-0.15, -0.1) is 5.06 Å². The third kappa shape index (κ3) is 6.87. The van der Waals surface area contributed by atoms with Crippen molar-refractivity contribution in [1.29, 1.82) is 0 Å². The van der Waals surface area contributed by atoms with Crippen LogP contribution in [-0.2, 0) is 31.6 Å². The number of carbonyl (C=O) groups excluding carboxylic acids is 2. The molecular weight excluding hydrogens is 554 g/mol. The first-order chi connectivity index (χ1) is 20.4. The first kappa shape index (κ1) is 32.9. The topological polar surface area (TPSA) is 85.3 Å². The Bertz CT molecular complexity index is 1460. The summed E-state index contributed by atoms with van der Waals surface area (Å²) in [5.74, 6) is -0.138. The summed E-state index contributed by atoms with van der Waals surface area (Å²) in [6, 6.07) is 21.5. The third-order valence-corrected chi connectivity index (χ3v) is 8.07. The molecule has 4 rings (SSSR count). The first-order valence-electron chi connectivity index (χ1n) is 15.1. The number of nitrogens with zero attached hydrogens (tertiary/aromatic N) is 1. The fourth-order valence-electron chi connectivity index (χ4n) is 5.95. The molecule has 1 aliphatic heterocycles. The molecule has 3 aromatic carbocycles. The molecule has 2 atom stereocenters. The van der Waals surface area contributed by atoms with Gasteiger partial charge in [-0.1, -0.05) is 96.1 Å². The van der Waals surface area contributed by atoms with Crippen LogP contribution in [0.25, 0.3) is 0 Å². The van der Waals surface area contributed by atoms with Crippen molar-refractivity contribution < 1.29 is 29.0 Å². The summed E-state index contributed by atoms with van der Waals surface area (Å²) in [6.07, 6.45) is -0.412. The van der Waals surface area contributed by atoms with Gasteiger partial charge in [-0.3, -0.25) is 0 Å². The molecule has 0 saturated carbocycles. The van der Waals surface area contributed by atoms with Gasteiger partial charge in [0, 0.05) is 5.92 Å². The van der Waals surface area contributed by atoms with Gasteiger partial charge in [-0.2, -0.15) is 0 Å². The summed E-state index contributed by atoms with van der Waals surface area (Å²) >= 11 is 0. The maximum Gasteiger partial charge on any atom is 0.443 e. The monoisotopic (exact) mass is 601 g/mol. The standard InChI is InChI=1S/C37H47NO6/c1-34(2,3)28-20-26(21-29(31(28)39)35(4,5)6)30(25-16-18-27(42-10)19-17-25)37(22-24-14-12-11-13-15-24)23-38(44-32(37)40)33(41)43-36(7,8)9/h11-21,30,39H,22-23H2,1-10H3/t30-,37+/m0/s1. The highest BCUT2D eigenvalue weighted by Gasteiger charge is 2.57. The summed E-state index contributed by atoms with van der Waals surface area (Å²) in [5.41, 5.74) is 1.41. The Morgan fingerprint density at radius 2 is 1.43 bits per heavy atom. The Balaban J connectivity index is 2.04. The zero-order valence-electron chi connectivity index (χ0n) is 27.8. The van der Waals surface area contributed by atoms with Gasteiger partial charge in [-0.25, -0.2) is 9.59 Å². The Kier molecular flexibility index (Phi) is 8.85. The number of methoxy groups -OCH3 is 1. The first-order valence-corrected chi connectivity index (χ1v) is 15.1. The van der Waals surface area contributed by atoms with Gasteiger partial charge in [0.05, 0.1) is 13.7 Å².